The molecule has 0 amide bonds. The molecule has 5 nitrogen and oxygen atoms in total. The van der Waals surface area contributed by atoms with E-state index in [1.807, 2.05) is 0 Å². The highest BCUT2D eigenvalue weighted by molar-refractivity contribution is 5.18. The second-order valence-electron chi connectivity index (χ2n) is 15.8. The molecule has 7 rings (SSSR count). The Hall–Kier alpha value is -2.54. The zero-order valence-corrected chi connectivity index (χ0v) is 30.2. The minimum atomic E-state index is 0.566. The maximum Gasteiger partial charge on any atom is 0.0264 e. The summed E-state index contributed by atoms with van der Waals surface area (Å²) in [4.78, 5) is 11.6. The first-order valence-corrected chi connectivity index (χ1v) is 20.1. The highest BCUT2D eigenvalue weighted by Crippen LogP contribution is 2.31. The summed E-state index contributed by atoms with van der Waals surface area (Å²) in [6, 6.07) is 36.3. The number of hydrogen-bond donors (Lipinski definition) is 1. The van der Waals surface area contributed by atoms with Crippen molar-refractivity contribution >= 4 is 0 Å². The van der Waals surface area contributed by atoms with Gasteiger partial charge in [0.2, 0.25) is 0 Å². The van der Waals surface area contributed by atoms with E-state index in [9.17, 15) is 0 Å². The molecule has 3 saturated heterocycles. The van der Waals surface area contributed by atoms with Crippen molar-refractivity contribution in [3.05, 3.63) is 108 Å². The van der Waals surface area contributed by atoms with Gasteiger partial charge in [0.05, 0.1) is 0 Å². The SMILES string of the molecule is c1ccc(CCN2CCN([C@@H](Cc3ccccc3)CN3CCCC3CN3CCNC[C@@H]3Cc3ccccc3)C[C@H]2CC2CCCCC2)cc1. The van der Waals surface area contributed by atoms with Gasteiger partial charge >= 0.3 is 0 Å². The third kappa shape index (κ3) is 10.0. The molecule has 0 spiro atoms. The second kappa shape index (κ2) is 18.1. The number of nitrogens with one attached hydrogen (secondary N) is 1. The van der Waals surface area contributed by atoms with Crippen LogP contribution in [0.5, 0.6) is 0 Å². The molecule has 0 aromatic heterocycles. The Morgan fingerprint density at radius 3 is 2.08 bits per heavy atom. The van der Waals surface area contributed by atoms with Crippen LogP contribution in [0.4, 0.5) is 0 Å². The van der Waals surface area contributed by atoms with E-state index >= 15 is 0 Å². The zero-order valence-electron chi connectivity index (χ0n) is 30.2. The first-order valence-electron chi connectivity index (χ1n) is 20.1. The molecule has 1 aliphatic carbocycles. The molecule has 0 bridgehead atoms. The maximum absolute atomic E-state index is 3.71. The smallest absolute Gasteiger partial charge is 0.0264 e. The van der Waals surface area contributed by atoms with Gasteiger partial charge in [-0.15, -0.1) is 0 Å². The summed E-state index contributed by atoms with van der Waals surface area (Å²) in [5.74, 6) is 0.913. The van der Waals surface area contributed by atoms with Crippen LogP contribution in [0.3, 0.4) is 0 Å². The lowest BCUT2D eigenvalue weighted by atomic mass is 9.83. The van der Waals surface area contributed by atoms with E-state index in [2.05, 4.69) is 116 Å². The predicted octanol–water partition coefficient (Wildman–Crippen LogP) is 6.78. The van der Waals surface area contributed by atoms with Crippen LogP contribution in [-0.2, 0) is 19.3 Å². The van der Waals surface area contributed by atoms with Crippen LogP contribution in [0.15, 0.2) is 91.0 Å². The van der Waals surface area contributed by atoms with Gasteiger partial charge in [-0.2, -0.15) is 0 Å². The van der Waals surface area contributed by atoms with E-state index in [4.69, 9.17) is 0 Å². The molecule has 3 aromatic rings. The number of rotatable bonds is 14. The van der Waals surface area contributed by atoms with Crippen molar-refractivity contribution in [1.82, 2.24) is 24.9 Å². The van der Waals surface area contributed by atoms with Gasteiger partial charge < -0.3 is 5.32 Å². The Morgan fingerprint density at radius 2 is 1.33 bits per heavy atom. The minimum absolute atomic E-state index is 0.566. The molecule has 4 atom stereocenters. The highest BCUT2D eigenvalue weighted by atomic mass is 15.3. The molecule has 1 N–H and O–H groups in total. The molecule has 3 aliphatic heterocycles. The lowest BCUT2D eigenvalue weighted by Gasteiger charge is -2.47. The standard InChI is InChI=1S/C44H63N5/c1-5-14-37(15-6-1)23-26-46-28-29-49(35-43(46)31-39-18-9-3-10-19-39)44(32-40-20-11-4-12-21-40)36-47-25-13-22-41(47)34-48-27-24-45-33-42(48)30-38-16-7-2-8-17-38/h1-2,4-8,11-12,14-17,20-21,39,41-45H,3,9-10,13,18-19,22-36H2/t41?,42-,43+,44-/m0/s1. The summed E-state index contributed by atoms with van der Waals surface area (Å²) >= 11 is 0. The first-order chi connectivity index (χ1) is 24.3. The summed E-state index contributed by atoms with van der Waals surface area (Å²) in [5, 5.41) is 3.71. The fraction of sp³-hybridized carbons (Fsp3) is 0.591. The van der Waals surface area contributed by atoms with Crippen LogP contribution >= 0.6 is 0 Å². The number of piperazine rings is 2. The highest BCUT2D eigenvalue weighted by Gasteiger charge is 2.36. The third-order valence-corrected chi connectivity index (χ3v) is 12.5. The Bertz CT molecular complexity index is 1350. The van der Waals surface area contributed by atoms with Gasteiger partial charge in [0.15, 0.2) is 0 Å². The van der Waals surface area contributed by atoms with Crippen LogP contribution in [0.1, 0.15) is 68.1 Å². The van der Waals surface area contributed by atoms with Gasteiger partial charge in [-0.05, 0) is 67.7 Å². The van der Waals surface area contributed by atoms with Crippen LogP contribution in [0.25, 0.3) is 0 Å². The van der Waals surface area contributed by atoms with Gasteiger partial charge in [0.1, 0.15) is 0 Å². The van der Waals surface area contributed by atoms with E-state index in [0.717, 1.165) is 31.8 Å². The van der Waals surface area contributed by atoms with Gasteiger partial charge in [-0.25, -0.2) is 0 Å². The number of likely N-dealkylation sites (tertiary alicyclic amines) is 1. The topological polar surface area (TPSA) is 25.0 Å². The molecule has 264 valence electrons. The van der Waals surface area contributed by atoms with E-state index in [1.165, 1.54) is 127 Å². The van der Waals surface area contributed by atoms with E-state index in [0.29, 0.717) is 24.2 Å². The average molecular weight is 662 g/mol. The lowest BCUT2D eigenvalue weighted by molar-refractivity contribution is 0.0195. The number of nitrogens with zero attached hydrogens (tertiary/aromatic N) is 4. The number of benzene rings is 3. The van der Waals surface area contributed by atoms with Crippen molar-refractivity contribution in [2.75, 3.05) is 65.4 Å². The van der Waals surface area contributed by atoms with Crippen molar-refractivity contribution < 1.29 is 0 Å². The molecular weight excluding hydrogens is 599 g/mol. The summed E-state index contributed by atoms with van der Waals surface area (Å²) < 4.78 is 0. The molecular formula is C44H63N5. The normalized spacial score (nSPS) is 25.8. The van der Waals surface area contributed by atoms with Crippen LogP contribution in [-0.4, -0.2) is 109 Å². The Balaban J connectivity index is 1.04. The average Bonchev–Trinajstić information content (AvgIpc) is 3.59. The van der Waals surface area contributed by atoms with Crippen LogP contribution < -0.4 is 5.32 Å². The van der Waals surface area contributed by atoms with Gasteiger partial charge in [0, 0.05) is 83.1 Å². The Kier molecular flexibility index (Phi) is 12.9. The molecule has 5 heteroatoms. The second-order valence-corrected chi connectivity index (χ2v) is 15.8. The lowest BCUT2D eigenvalue weighted by Crippen LogP contribution is -2.60. The van der Waals surface area contributed by atoms with E-state index in [1.54, 1.807) is 0 Å². The largest absolute Gasteiger partial charge is 0.314 e. The van der Waals surface area contributed by atoms with Crippen molar-refractivity contribution in [3.8, 4) is 0 Å². The van der Waals surface area contributed by atoms with Crippen LogP contribution in [0.2, 0.25) is 0 Å². The van der Waals surface area contributed by atoms with E-state index in [-0.39, 0.29) is 0 Å². The van der Waals surface area contributed by atoms with Crippen LogP contribution in [0, 0.1) is 5.92 Å². The monoisotopic (exact) mass is 662 g/mol. The Morgan fingerprint density at radius 1 is 0.612 bits per heavy atom. The van der Waals surface area contributed by atoms with Gasteiger partial charge in [0.25, 0.3) is 0 Å². The summed E-state index contributed by atoms with van der Waals surface area (Å²) in [6.07, 6.45) is 14.8. The molecule has 4 fully saturated rings. The molecule has 0 radical (unpaired) electrons. The Labute approximate surface area is 298 Å². The number of hydrogen-bond acceptors (Lipinski definition) is 5. The zero-order chi connectivity index (χ0) is 33.1. The van der Waals surface area contributed by atoms with Crippen molar-refractivity contribution in [2.45, 2.75) is 94.8 Å². The fourth-order valence-electron chi connectivity index (χ4n) is 9.70. The summed E-state index contributed by atoms with van der Waals surface area (Å²) in [5.41, 5.74) is 4.46. The molecule has 3 heterocycles. The van der Waals surface area contributed by atoms with Crippen molar-refractivity contribution in [3.63, 3.8) is 0 Å². The first kappa shape index (κ1) is 34.9. The third-order valence-electron chi connectivity index (χ3n) is 12.5. The quantitative estimate of drug-likeness (QED) is 0.206. The predicted molar refractivity (Wildman–Crippen MR) is 205 cm³/mol. The minimum Gasteiger partial charge on any atom is -0.314 e. The molecule has 4 aliphatic rings. The maximum atomic E-state index is 3.71. The summed E-state index contributed by atoms with van der Waals surface area (Å²) in [6.45, 7) is 11.9. The fourth-order valence-corrected chi connectivity index (χ4v) is 9.70. The molecule has 49 heavy (non-hydrogen) atoms. The van der Waals surface area contributed by atoms with E-state index < -0.39 is 0 Å². The van der Waals surface area contributed by atoms with Gasteiger partial charge in [-0.3, -0.25) is 19.6 Å². The summed E-state index contributed by atoms with van der Waals surface area (Å²) in [7, 11) is 0. The molecule has 3 aromatic carbocycles. The molecule has 1 saturated carbocycles. The van der Waals surface area contributed by atoms with Crippen molar-refractivity contribution in [1.29, 1.82) is 0 Å². The van der Waals surface area contributed by atoms with Gasteiger partial charge in [-0.1, -0.05) is 123 Å². The molecule has 1 unspecified atom stereocenters. The van der Waals surface area contributed by atoms with Crippen molar-refractivity contribution in [2.24, 2.45) is 5.92 Å².